The van der Waals surface area contributed by atoms with Gasteiger partial charge in [-0.3, -0.25) is 10.1 Å². The summed E-state index contributed by atoms with van der Waals surface area (Å²) >= 11 is 6.92. The maximum atomic E-state index is 12.1. The first-order chi connectivity index (χ1) is 14.9. The SMILES string of the molecule is O=C1OC(c2ccco2)=N/C1=C\c1cc(Br)c(OCc2cccc([N+](=O)[O-])c2)c(Br)c1. The number of ether oxygens (including phenoxy) is 2. The Morgan fingerprint density at radius 2 is 1.90 bits per heavy atom. The van der Waals surface area contributed by atoms with E-state index in [9.17, 15) is 14.9 Å². The Balaban J connectivity index is 1.54. The van der Waals surface area contributed by atoms with Gasteiger partial charge in [-0.25, -0.2) is 9.79 Å². The van der Waals surface area contributed by atoms with E-state index in [1.54, 1.807) is 42.5 Å². The highest BCUT2D eigenvalue weighted by Gasteiger charge is 2.26. The molecule has 10 heteroatoms. The van der Waals surface area contributed by atoms with E-state index in [-0.39, 0.29) is 23.9 Å². The maximum Gasteiger partial charge on any atom is 0.363 e. The predicted molar refractivity (Wildman–Crippen MR) is 119 cm³/mol. The highest BCUT2D eigenvalue weighted by Crippen LogP contribution is 2.36. The van der Waals surface area contributed by atoms with E-state index in [0.717, 1.165) is 0 Å². The summed E-state index contributed by atoms with van der Waals surface area (Å²) in [6.45, 7) is 0.141. The minimum Gasteiger partial charge on any atom is -0.487 e. The molecule has 0 amide bonds. The molecule has 0 unspecified atom stereocenters. The number of esters is 1. The van der Waals surface area contributed by atoms with E-state index < -0.39 is 10.9 Å². The summed E-state index contributed by atoms with van der Waals surface area (Å²) in [4.78, 5) is 26.8. The van der Waals surface area contributed by atoms with Crippen molar-refractivity contribution in [1.82, 2.24) is 0 Å². The van der Waals surface area contributed by atoms with Crippen LogP contribution in [0.3, 0.4) is 0 Å². The lowest BCUT2D eigenvalue weighted by Crippen LogP contribution is -2.04. The number of hydrogen-bond donors (Lipinski definition) is 0. The first-order valence-electron chi connectivity index (χ1n) is 8.82. The molecular formula is C21H12Br2N2O6. The van der Waals surface area contributed by atoms with E-state index in [0.29, 0.717) is 31.6 Å². The summed E-state index contributed by atoms with van der Waals surface area (Å²) in [6.07, 6.45) is 3.05. The van der Waals surface area contributed by atoms with Crippen molar-refractivity contribution < 1.29 is 23.6 Å². The second-order valence-corrected chi connectivity index (χ2v) is 8.05. The Hall–Kier alpha value is -3.24. The number of nitro benzene ring substituents is 1. The topological polar surface area (TPSA) is 104 Å². The van der Waals surface area contributed by atoms with Crippen molar-refractivity contribution in [3.05, 3.63) is 96.4 Å². The van der Waals surface area contributed by atoms with Crippen LogP contribution in [0.5, 0.6) is 5.75 Å². The van der Waals surface area contributed by atoms with Crippen LogP contribution in [-0.2, 0) is 16.1 Å². The molecule has 0 N–H and O–H groups in total. The summed E-state index contributed by atoms with van der Waals surface area (Å²) < 4.78 is 17.4. The van der Waals surface area contributed by atoms with Crippen LogP contribution < -0.4 is 4.74 Å². The zero-order valence-corrected chi connectivity index (χ0v) is 18.8. The van der Waals surface area contributed by atoms with Crippen LogP contribution in [0.1, 0.15) is 16.9 Å². The number of non-ortho nitro benzene ring substituents is 1. The van der Waals surface area contributed by atoms with Gasteiger partial charge in [-0.2, -0.15) is 0 Å². The van der Waals surface area contributed by atoms with Crippen molar-refractivity contribution in [1.29, 1.82) is 0 Å². The number of hydrogen-bond acceptors (Lipinski definition) is 7. The lowest BCUT2D eigenvalue weighted by atomic mass is 10.2. The standard InChI is InChI=1S/C21H12Br2N2O6/c22-15-8-13(10-17-21(26)31-20(24-17)18-5-2-6-29-18)9-16(23)19(15)30-11-12-3-1-4-14(7-12)25(27)28/h1-10H,11H2/b17-10-. The lowest BCUT2D eigenvalue weighted by molar-refractivity contribution is -0.384. The molecular weight excluding hydrogens is 536 g/mol. The van der Waals surface area contributed by atoms with Gasteiger partial charge in [0.15, 0.2) is 11.5 Å². The predicted octanol–water partition coefficient (Wildman–Crippen LogP) is 5.64. The van der Waals surface area contributed by atoms with Gasteiger partial charge < -0.3 is 13.9 Å². The van der Waals surface area contributed by atoms with E-state index in [1.807, 2.05) is 0 Å². The highest BCUT2D eigenvalue weighted by atomic mass is 79.9. The number of halogens is 2. The van der Waals surface area contributed by atoms with Gasteiger partial charge in [-0.1, -0.05) is 12.1 Å². The van der Waals surface area contributed by atoms with Crippen molar-refractivity contribution in [2.45, 2.75) is 6.61 Å². The fourth-order valence-corrected chi connectivity index (χ4v) is 4.24. The molecule has 0 bridgehead atoms. The lowest BCUT2D eigenvalue weighted by Gasteiger charge is -2.11. The summed E-state index contributed by atoms with van der Waals surface area (Å²) in [5.41, 5.74) is 1.47. The van der Waals surface area contributed by atoms with E-state index in [2.05, 4.69) is 36.9 Å². The summed E-state index contributed by atoms with van der Waals surface area (Å²) in [5, 5.41) is 10.9. The second-order valence-electron chi connectivity index (χ2n) is 6.34. The normalized spacial score (nSPS) is 14.5. The van der Waals surface area contributed by atoms with Crippen LogP contribution in [-0.4, -0.2) is 16.8 Å². The maximum absolute atomic E-state index is 12.1. The van der Waals surface area contributed by atoms with Crippen LogP contribution >= 0.6 is 31.9 Å². The number of nitro groups is 1. The Labute approximate surface area is 192 Å². The molecule has 3 aromatic rings. The van der Waals surface area contributed by atoms with Gasteiger partial charge in [-0.15, -0.1) is 0 Å². The van der Waals surface area contributed by atoms with Gasteiger partial charge in [0.1, 0.15) is 12.4 Å². The molecule has 2 heterocycles. The first kappa shape index (κ1) is 21.0. The van der Waals surface area contributed by atoms with Crippen LogP contribution in [0.4, 0.5) is 5.69 Å². The average Bonchev–Trinajstić information content (AvgIpc) is 3.38. The zero-order valence-electron chi connectivity index (χ0n) is 15.6. The average molecular weight is 548 g/mol. The van der Waals surface area contributed by atoms with Crippen molar-refractivity contribution in [2.24, 2.45) is 4.99 Å². The quantitative estimate of drug-likeness (QED) is 0.171. The number of aliphatic imine (C=N–C) groups is 1. The van der Waals surface area contributed by atoms with Crippen LogP contribution in [0.2, 0.25) is 0 Å². The molecule has 8 nitrogen and oxygen atoms in total. The third kappa shape index (κ3) is 4.75. The van der Waals surface area contributed by atoms with Gasteiger partial charge in [-0.05, 0) is 73.3 Å². The van der Waals surface area contributed by atoms with Gasteiger partial charge >= 0.3 is 5.97 Å². The van der Waals surface area contributed by atoms with Gasteiger partial charge in [0.2, 0.25) is 0 Å². The monoisotopic (exact) mass is 546 g/mol. The minimum absolute atomic E-state index is 0.000809. The summed E-state index contributed by atoms with van der Waals surface area (Å²) in [6, 6.07) is 13.1. The number of furan rings is 1. The Bertz CT molecular complexity index is 1210. The third-order valence-corrected chi connectivity index (χ3v) is 5.36. The number of benzene rings is 2. The Kier molecular flexibility index (Phi) is 6.01. The van der Waals surface area contributed by atoms with Crippen LogP contribution in [0, 0.1) is 10.1 Å². The van der Waals surface area contributed by atoms with E-state index in [1.165, 1.54) is 18.4 Å². The van der Waals surface area contributed by atoms with Crippen LogP contribution in [0.25, 0.3) is 6.08 Å². The Morgan fingerprint density at radius 3 is 2.58 bits per heavy atom. The van der Waals surface area contributed by atoms with E-state index in [4.69, 9.17) is 13.9 Å². The highest BCUT2D eigenvalue weighted by molar-refractivity contribution is 9.11. The smallest absolute Gasteiger partial charge is 0.363 e. The number of carbonyl (C=O) groups excluding carboxylic acids is 1. The molecule has 31 heavy (non-hydrogen) atoms. The molecule has 0 aliphatic carbocycles. The van der Waals surface area contributed by atoms with E-state index >= 15 is 0 Å². The molecule has 0 saturated heterocycles. The third-order valence-electron chi connectivity index (χ3n) is 4.18. The van der Waals surface area contributed by atoms with Crippen molar-refractivity contribution in [3.63, 3.8) is 0 Å². The van der Waals surface area contributed by atoms with Crippen molar-refractivity contribution in [3.8, 4) is 5.75 Å². The van der Waals surface area contributed by atoms with Crippen molar-refractivity contribution in [2.75, 3.05) is 0 Å². The molecule has 0 spiro atoms. The van der Waals surface area contributed by atoms with Crippen LogP contribution in [0.15, 0.2) is 78.8 Å². The first-order valence-corrected chi connectivity index (χ1v) is 10.4. The van der Waals surface area contributed by atoms with Gasteiger partial charge in [0.25, 0.3) is 11.6 Å². The van der Waals surface area contributed by atoms with Crippen molar-refractivity contribution >= 4 is 55.5 Å². The summed E-state index contributed by atoms with van der Waals surface area (Å²) in [7, 11) is 0. The molecule has 1 aromatic heterocycles. The number of carbonyl (C=O) groups is 1. The number of cyclic esters (lactones) is 1. The molecule has 0 saturated carbocycles. The molecule has 0 radical (unpaired) electrons. The molecule has 1 aliphatic rings. The van der Waals surface area contributed by atoms with Gasteiger partial charge in [0.05, 0.1) is 20.1 Å². The molecule has 1 aliphatic heterocycles. The molecule has 2 aromatic carbocycles. The zero-order chi connectivity index (χ0) is 22.0. The van der Waals surface area contributed by atoms with Gasteiger partial charge in [0, 0.05) is 12.1 Å². The molecule has 0 atom stereocenters. The Morgan fingerprint density at radius 1 is 1.13 bits per heavy atom. The molecule has 0 fully saturated rings. The summed E-state index contributed by atoms with van der Waals surface area (Å²) in [5.74, 6) is 0.410. The fourth-order valence-electron chi connectivity index (χ4n) is 2.79. The number of nitrogens with zero attached hydrogens (tertiary/aromatic N) is 2. The fraction of sp³-hybridized carbons (Fsp3) is 0.0476. The minimum atomic E-state index is -0.579. The molecule has 156 valence electrons. The largest absolute Gasteiger partial charge is 0.487 e. The molecule has 4 rings (SSSR count). The number of rotatable bonds is 6. The second kappa shape index (κ2) is 8.86.